The highest BCUT2D eigenvalue weighted by Gasteiger charge is 2.78. The number of benzene rings is 12. The minimum atomic E-state index is -2.09. The summed E-state index contributed by atoms with van der Waals surface area (Å²) >= 11 is 0. The van der Waals surface area contributed by atoms with E-state index in [9.17, 15) is 0 Å². The zero-order valence-corrected chi connectivity index (χ0v) is 45.7. The fraction of sp³-hybridized carbons (Fsp3) is 0.100. The number of ether oxygens (including phenoxy) is 1. The molecule has 0 saturated heterocycles. The third-order valence-electron chi connectivity index (χ3n) is 17.5. The number of aliphatic hydroxyl groups is 1. The lowest BCUT2D eigenvalue weighted by Crippen LogP contribution is -2.76. The molecule has 2 atom stereocenters. The molecule has 0 aliphatic carbocycles. The molecule has 13 rings (SSSR count). The lowest BCUT2D eigenvalue weighted by atomic mass is 9.38. The molecule has 2 unspecified atom stereocenters. The van der Waals surface area contributed by atoms with Gasteiger partial charge in [-0.25, -0.2) is 0 Å². The molecule has 12 aromatic rings. The minimum Gasteiger partial charge on any atom is -0.478 e. The van der Waals surface area contributed by atoms with Gasteiger partial charge in [0.05, 0.1) is 11.3 Å². The first-order chi connectivity index (χ1) is 40.6. The molecule has 396 valence electrons. The molecule has 1 aliphatic rings. The van der Waals surface area contributed by atoms with Crippen LogP contribution in [0.15, 0.2) is 352 Å². The Labute approximate surface area is 483 Å². The number of rotatable bonds is 16. The van der Waals surface area contributed by atoms with Crippen molar-refractivity contribution in [2.45, 2.75) is 46.2 Å². The second-order valence-electron chi connectivity index (χ2n) is 21.8. The van der Waals surface area contributed by atoms with E-state index in [1.807, 2.05) is 0 Å². The fourth-order valence-electron chi connectivity index (χ4n) is 14.6. The Morgan fingerprint density at radius 3 is 0.805 bits per heavy atom. The van der Waals surface area contributed by atoms with Gasteiger partial charge in [-0.3, -0.25) is 0 Å². The molecule has 0 radical (unpaired) electrons. The normalized spacial score (nSPS) is 16.5. The van der Waals surface area contributed by atoms with Crippen molar-refractivity contribution in [2.24, 2.45) is 0 Å². The van der Waals surface area contributed by atoms with E-state index in [4.69, 9.17) is 4.74 Å². The van der Waals surface area contributed by atoms with Gasteiger partial charge in [0.25, 0.3) is 0 Å². The zero-order valence-electron chi connectivity index (χ0n) is 45.7. The van der Waals surface area contributed by atoms with Crippen LogP contribution < -0.4 is 4.74 Å². The lowest BCUT2D eigenvalue weighted by molar-refractivity contribution is -0.223. The van der Waals surface area contributed by atoms with Crippen LogP contribution in [0.4, 0.5) is 0 Å². The molecule has 0 aromatic heterocycles. The molecule has 2 heteroatoms. The van der Waals surface area contributed by atoms with Crippen molar-refractivity contribution in [3.05, 3.63) is 424 Å². The monoisotopic (exact) mass is 1060 g/mol. The summed E-state index contributed by atoms with van der Waals surface area (Å²) in [4.78, 5) is 0. The van der Waals surface area contributed by atoms with Crippen molar-refractivity contribution in [3.8, 4) is 5.75 Å². The SMILES string of the molecule is OC1(C(c2ccccc2)c2ccccc2)C(c2ccccc2)(C(c2ccccc2)c2ccccc2)Oc2cccc(C(c3ccccc3)c3ccccc3)c2C1(C(c1ccccc1)c1ccccc1)C(c1ccccc1)c1ccccc1. The van der Waals surface area contributed by atoms with Crippen LogP contribution in [0, 0.1) is 0 Å². The molecule has 82 heavy (non-hydrogen) atoms. The molecular formula is C80H64O2. The van der Waals surface area contributed by atoms with Gasteiger partial charge in [0, 0.05) is 29.2 Å². The molecule has 0 fully saturated rings. The van der Waals surface area contributed by atoms with Crippen LogP contribution >= 0.6 is 0 Å². The van der Waals surface area contributed by atoms with Crippen LogP contribution in [-0.2, 0) is 11.0 Å². The van der Waals surface area contributed by atoms with E-state index in [0.29, 0.717) is 5.75 Å². The summed E-state index contributed by atoms with van der Waals surface area (Å²) in [6, 6.07) is 127. The van der Waals surface area contributed by atoms with Gasteiger partial charge in [-0.1, -0.05) is 346 Å². The third-order valence-corrected chi connectivity index (χ3v) is 17.5. The third kappa shape index (κ3) is 8.88. The van der Waals surface area contributed by atoms with Gasteiger partial charge < -0.3 is 9.84 Å². The Kier molecular flexibility index (Phi) is 14.4. The fourth-order valence-corrected chi connectivity index (χ4v) is 14.6. The summed E-state index contributed by atoms with van der Waals surface area (Å²) in [5, 5.41) is 18.0. The molecule has 12 aromatic carbocycles. The Morgan fingerprint density at radius 1 is 0.244 bits per heavy atom. The maximum Gasteiger partial charge on any atom is 0.175 e. The minimum absolute atomic E-state index is 0.334. The zero-order chi connectivity index (χ0) is 55.2. The summed E-state index contributed by atoms with van der Waals surface area (Å²) in [6.07, 6.45) is 0. The lowest BCUT2D eigenvalue weighted by Gasteiger charge is -2.69. The van der Waals surface area contributed by atoms with Crippen molar-refractivity contribution >= 4 is 0 Å². The molecule has 0 saturated carbocycles. The largest absolute Gasteiger partial charge is 0.478 e. The Hall–Kier alpha value is -9.60. The van der Waals surface area contributed by atoms with Gasteiger partial charge in [-0.05, 0) is 72.8 Å². The first-order valence-electron chi connectivity index (χ1n) is 28.7. The van der Waals surface area contributed by atoms with Crippen LogP contribution in [-0.4, -0.2) is 10.7 Å². The van der Waals surface area contributed by atoms with E-state index in [1.54, 1.807) is 0 Å². The van der Waals surface area contributed by atoms with E-state index in [2.05, 4.69) is 352 Å². The molecule has 2 nitrogen and oxygen atoms in total. The Bertz CT molecular complexity index is 3660. The van der Waals surface area contributed by atoms with Crippen LogP contribution in [0.3, 0.4) is 0 Å². The van der Waals surface area contributed by atoms with Gasteiger partial charge in [-0.2, -0.15) is 0 Å². The maximum atomic E-state index is 18.0. The summed E-state index contributed by atoms with van der Waals surface area (Å²) in [5.74, 6) is -2.35. The summed E-state index contributed by atoms with van der Waals surface area (Å²) in [7, 11) is 0. The van der Waals surface area contributed by atoms with E-state index < -0.39 is 40.3 Å². The highest BCUT2D eigenvalue weighted by molar-refractivity contribution is 5.69. The molecule has 1 heterocycles. The highest BCUT2D eigenvalue weighted by Crippen LogP contribution is 2.75. The highest BCUT2D eigenvalue weighted by atomic mass is 16.5. The molecule has 1 N–H and O–H groups in total. The van der Waals surface area contributed by atoms with Crippen molar-refractivity contribution in [3.63, 3.8) is 0 Å². The Balaban J connectivity index is 1.39. The van der Waals surface area contributed by atoms with Gasteiger partial charge in [0.1, 0.15) is 11.4 Å². The topological polar surface area (TPSA) is 29.5 Å². The van der Waals surface area contributed by atoms with E-state index in [0.717, 1.165) is 72.3 Å². The maximum absolute atomic E-state index is 18.0. The average molecular weight is 1060 g/mol. The predicted octanol–water partition coefficient (Wildman–Crippen LogP) is 18.5. The van der Waals surface area contributed by atoms with Gasteiger partial charge in [0.2, 0.25) is 0 Å². The number of fused-ring (bicyclic) bond motifs is 1. The van der Waals surface area contributed by atoms with E-state index >= 15 is 5.11 Å². The first-order valence-corrected chi connectivity index (χ1v) is 28.7. The second-order valence-corrected chi connectivity index (χ2v) is 21.8. The molecule has 0 bridgehead atoms. The van der Waals surface area contributed by atoms with Crippen molar-refractivity contribution in [2.75, 3.05) is 0 Å². The molecular weight excluding hydrogens is 993 g/mol. The summed E-state index contributed by atoms with van der Waals surface area (Å²) in [6.45, 7) is 0. The quantitative estimate of drug-likeness (QED) is 0.0977. The summed E-state index contributed by atoms with van der Waals surface area (Å²) < 4.78 is 8.83. The molecule has 1 aliphatic heterocycles. The van der Waals surface area contributed by atoms with E-state index in [-0.39, 0.29) is 5.92 Å². The predicted molar refractivity (Wildman–Crippen MR) is 335 cm³/mol. The average Bonchev–Trinajstić information content (AvgIpc) is 0.744. The van der Waals surface area contributed by atoms with Crippen molar-refractivity contribution in [1.82, 2.24) is 0 Å². The van der Waals surface area contributed by atoms with Crippen molar-refractivity contribution < 1.29 is 9.84 Å². The second kappa shape index (κ2) is 22.9. The van der Waals surface area contributed by atoms with E-state index in [1.165, 1.54) is 0 Å². The molecule has 0 spiro atoms. The van der Waals surface area contributed by atoms with Crippen LogP contribution in [0.25, 0.3) is 0 Å². The van der Waals surface area contributed by atoms with Gasteiger partial charge >= 0.3 is 0 Å². The number of hydrogen-bond acceptors (Lipinski definition) is 2. The summed E-state index contributed by atoms with van der Waals surface area (Å²) in [5.41, 5.74) is 7.89. The Morgan fingerprint density at radius 2 is 0.500 bits per heavy atom. The molecule has 0 amide bonds. The van der Waals surface area contributed by atoms with Crippen LogP contribution in [0.1, 0.15) is 102 Å². The smallest absolute Gasteiger partial charge is 0.175 e. The number of hydrogen-bond donors (Lipinski definition) is 1. The van der Waals surface area contributed by atoms with Crippen LogP contribution in [0.5, 0.6) is 5.75 Å². The van der Waals surface area contributed by atoms with Crippen molar-refractivity contribution in [1.29, 1.82) is 0 Å². The standard InChI is InChI=1S/C80H64O2/c81-80(76(67-51-28-9-29-52-67)68-53-30-10-31-54-68)78(73(61-39-16-3-17-40-61)62-41-18-4-19-42-62,74(63-43-20-5-21-44-63)64-45-22-6-23-46-64)77-70(72(59-35-12-1-13-36-59)60-37-14-2-15-38-60)57-34-58-71(77)82-79(80,69-55-32-11-33-56-69)75(65-47-24-7-25-48-65)66-49-26-8-27-50-66/h1-58,72-76,81H. The van der Waals surface area contributed by atoms with Crippen LogP contribution in [0.2, 0.25) is 0 Å². The first kappa shape index (κ1) is 51.8. The van der Waals surface area contributed by atoms with Gasteiger partial charge in [-0.15, -0.1) is 0 Å². The van der Waals surface area contributed by atoms with Gasteiger partial charge in [0.15, 0.2) is 5.60 Å².